The molecule has 1 N–H and O–H groups in total. The maximum Gasteiger partial charge on any atom is 0.0591 e. The quantitative estimate of drug-likeness (QED) is 0.645. The molecule has 0 aliphatic heterocycles. The van der Waals surface area contributed by atoms with Gasteiger partial charge in [0.1, 0.15) is 0 Å². The van der Waals surface area contributed by atoms with E-state index in [-0.39, 0.29) is 0 Å². The lowest BCUT2D eigenvalue weighted by Gasteiger charge is -2.31. The minimum absolute atomic E-state index is 0.696. The van der Waals surface area contributed by atoms with Crippen LogP contribution >= 0.6 is 11.8 Å². The summed E-state index contributed by atoms with van der Waals surface area (Å²) in [6.07, 6.45) is 8.70. The van der Waals surface area contributed by atoms with Crippen molar-refractivity contribution in [3.8, 4) is 0 Å². The average molecular weight is 261 g/mol. The van der Waals surface area contributed by atoms with Crippen LogP contribution in [0.3, 0.4) is 0 Å². The van der Waals surface area contributed by atoms with E-state index in [1.807, 2.05) is 11.8 Å². The molecule has 0 aromatic rings. The molecule has 0 aromatic heterocycles. The van der Waals surface area contributed by atoms with Gasteiger partial charge in [0, 0.05) is 38.2 Å². The fraction of sp³-hybridized carbons (Fsp3) is 1.00. The van der Waals surface area contributed by atoms with Crippen LogP contribution in [0.2, 0.25) is 0 Å². The van der Waals surface area contributed by atoms with E-state index in [0.29, 0.717) is 6.04 Å². The summed E-state index contributed by atoms with van der Waals surface area (Å²) in [6, 6.07) is 0.696. The molecule has 1 fully saturated rings. The number of nitrogens with one attached hydrogen (secondary N) is 1. The Morgan fingerprint density at radius 3 is 2.76 bits per heavy atom. The van der Waals surface area contributed by atoms with Gasteiger partial charge in [-0.2, -0.15) is 11.8 Å². The summed E-state index contributed by atoms with van der Waals surface area (Å²) in [4.78, 5) is 0. The first-order valence-corrected chi connectivity index (χ1v) is 8.00. The fourth-order valence-electron chi connectivity index (χ4n) is 2.34. The Morgan fingerprint density at radius 2 is 2.00 bits per heavy atom. The van der Waals surface area contributed by atoms with Gasteiger partial charge in [-0.1, -0.05) is 12.8 Å². The summed E-state index contributed by atoms with van der Waals surface area (Å²) in [6.45, 7) is 3.41. The SMILES string of the molecule is COCCCOCCNC1CCCCC1SC. The lowest BCUT2D eigenvalue weighted by molar-refractivity contribution is 0.102. The molecule has 4 heteroatoms. The van der Waals surface area contributed by atoms with Crippen molar-refractivity contribution in [3.63, 3.8) is 0 Å². The van der Waals surface area contributed by atoms with Crippen LogP contribution in [0, 0.1) is 0 Å². The first kappa shape index (κ1) is 15.3. The van der Waals surface area contributed by atoms with Crippen LogP contribution in [-0.4, -0.2) is 51.0 Å². The van der Waals surface area contributed by atoms with E-state index in [9.17, 15) is 0 Å². The molecule has 0 spiro atoms. The third kappa shape index (κ3) is 6.65. The predicted molar refractivity (Wildman–Crippen MR) is 74.9 cm³/mol. The topological polar surface area (TPSA) is 30.5 Å². The maximum absolute atomic E-state index is 5.55. The second-order valence-corrected chi connectivity index (χ2v) is 5.65. The van der Waals surface area contributed by atoms with Crippen molar-refractivity contribution in [1.82, 2.24) is 5.32 Å². The fourth-order valence-corrected chi connectivity index (χ4v) is 3.30. The van der Waals surface area contributed by atoms with Crippen molar-refractivity contribution >= 4 is 11.8 Å². The Morgan fingerprint density at radius 1 is 1.18 bits per heavy atom. The molecule has 1 rings (SSSR count). The summed E-state index contributed by atoms with van der Waals surface area (Å²) >= 11 is 2.01. The number of hydrogen-bond acceptors (Lipinski definition) is 4. The Labute approximate surface area is 110 Å². The Balaban J connectivity index is 1.97. The van der Waals surface area contributed by atoms with Crippen LogP contribution in [0.25, 0.3) is 0 Å². The first-order chi connectivity index (χ1) is 8.38. The van der Waals surface area contributed by atoms with E-state index >= 15 is 0 Å². The summed E-state index contributed by atoms with van der Waals surface area (Å²) < 4.78 is 10.5. The van der Waals surface area contributed by atoms with Crippen LogP contribution in [0.15, 0.2) is 0 Å². The third-order valence-electron chi connectivity index (χ3n) is 3.30. The van der Waals surface area contributed by atoms with E-state index in [1.165, 1.54) is 25.7 Å². The van der Waals surface area contributed by atoms with Gasteiger partial charge in [0.05, 0.1) is 6.61 Å². The van der Waals surface area contributed by atoms with Gasteiger partial charge in [-0.25, -0.2) is 0 Å². The molecule has 0 bridgehead atoms. The number of methoxy groups -OCH3 is 1. The standard InChI is InChI=1S/C13H27NO2S/c1-15-9-5-10-16-11-8-14-12-6-3-4-7-13(12)17-2/h12-14H,3-11H2,1-2H3. The van der Waals surface area contributed by atoms with Crippen molar-refractivity contribution in [2.75, 3.05) is 39.7 Å². The van der Waals surface area contributed by atoms with Crippen molar-refractivity contribution in [1.29, 1.82) is 0 Å². The first-order valence-electron chi connectivity index (χ1n) is 6.71. The zero-order valence-electron chi connectivity index (χ0n) is 11.2. The van der Waals surface area contributed by atoms with Crippen LogP contribution in [0.4, 0.5) is 0 Å². The summed E-state index contributed by atoms with van der Waals surface area (Å²) in [5.74, 6) is 0. The van der Waals surface area contributed by atoms with E-state index < -0.39 is 0 Å². The van der Waals surface area contributed by atoms with Gasteiger partial charge in [-0.05, 0) is 25.5 Å². The van der Waals surface area contributed by atoms with Crippen LogP contribution < -0.4 is 5.32 Å². The molecule has 102 valence electrons. The van der Waals surface area contributed by atoms with Crippen LogP contribution in [-0.2, 0) is 9.47 Å². The average Bonchev–Trinajstić information content (AvgIpc) is 2.38. The van der Waals surface area contributed by atoms with Gasteiger partial charge in [0.2, 0.25) is 0 Å². The molecule has 0 saturated heterocycles. The molecule has 2 unspecified atom stereocenters. The van der Waals surface area contributed by atoms with Crippen LogP contribution in [0.1, 0.15) is 32.1 Å². The van der Waals surface area contributed by atoms with E-state index in [4.69, 9.17) is 9.47 Å². The largest absolute Gasteiger partial charge is 0.385 e. The van der Waals surface area contributed by atoms with Crippen molar-refractivity contribution in [2.24, 2.45) is 0 Å². The Bertz CT molecular complexity index is 181. The number of rotatable bonds is 9. The van der Waals surface area contributed by atoms with Gasteiger partial charge < -0.3 is 14.8 Å². The lowest BCUT2D eigenvalue weighted by atomic mass is 9.95. The molecule has 0 aromatic carbocycles. The number of ether oxygens (including phenoxy) is 2. The molecule has 1 saturated carbocycles. The molecule has 0 radical (unpaired) electrons. The maximum atomic E-state index is 5.55. The van der Waals surface area contributed by atoms with Crippen LogP contribution in [0.5, 0.6) is 0 Å². The Hall–Kier alpha value is 0.230. The number of hydrogen-bond donors (Lipinski definition) is 1. The predicted octanol–water partition coefficient (Wildman–Crippen LogP) is 2.30. The summed E-state index contributed by atoms with van der Waals surface area (Å²) in [7, 11) is 1.73. The van der Waals surface area contributed by atoms with Crippen molar-refractivity contribution in [2.45, 2.75) is 43.4 Å². The van der Waals surface area contributed by atoms with Gasteiger partial charge >= 0.3 is 0 Å². The second kappa shape index (κ2) is 10.2. The normalized spacial score (nSPS) is 25.1. The molecule has 17 heavy (non-hydrogen) atoms. The third-order valence-corrected chi connectivity index (χ3v) is 4.47. The minimum atomic E-state index is 0.696. The second-order valence-electron chi connectivity index (χ2n) is 4.58. The van der Waals surface area contributed by atoms with E-state index in [1.54, 1.807) is 7.11 Å². The molecule has 0 amide bonds. The minimum Gasteiger partial charge on any atom is -0.385 e. The Kier molecular flexibility index (Phi) is 9.16. The number of thioether (sulfide) groups is 1. The lowest BCUT2D eigenvalue weighted by Crippen LogP contribution is -2.41. The zero-order chi connectivity index (χ0) is 12.3. The highest BCUT2D eigenvalue weighted by atomic mass is 32.2. The van der Waals surface area contributed by atoms with Crippen molar-refractivity contribution < 1.29 is 9.47 Å². The zero-order valence-corrected chi connectivity index (χ0v) is 12.1. The molecule has 3 nitrogen and oxygen atoms in total. The monoisotopic (exact) mass is 261 g/mol. The summed E-state index contributed by atoms with van der Waals surface area (Å²) in [5, 5.41) is 4.44. The molecule has 2 atom stereocenters. The highest BCUT2D eigenvalue weighted by Crippen LogP contribution is 2.26. The highest BCUT2D eigenvalue weighted by molar-refractivity contribution is 7.99. The van der Waals surface area contributed by atoms with E-state index in [2.05, 4.69) is 11.6 Å². The van der Waals surface area contributed by atoms with Gasteiger partial charge in [0.25, 0.3) is 0 Å². The van der Waals surface area contributed by atoms with Gasteiger partial charge in [-0.3, -0.25) is 0 Å². The molecular formula is C13H27NO2S. The highest BCUT2D eigenvalue weighted by Gasteiger charge is 2.23. The molecule has 0 heterocycles. The smallest absolute Gasteiger partial charge is 0.0591 e. The van der Waals surface area contributed by atoms with Gasteiger partial charge in [0.15, 0.2) is 0 Å². The van der Waals surface area contributed by atoms with Crippen molar-refractivity contribution in [3.05, 3.63) is 0 Å². The summed E-state index contributed by atoms with van der Waals surface area (Å²) in [5.41, 5.74) is 0. The van der Waals surface area contributed by atoms with Gasteiger partial charge in [-0.15, -0.1) is 0 Å². The molecular weight excluding hydrogens is 234 g/mol. The van der Waals surface area contributed by atoms with E-state index in [0.717, 1.165) is 38.0 Å². The molecule has 1 aliphatic carbocycles. The molecule has 1 aliphatic rings.